The predicted octanol–water partition coefficient (Wildman–Crippen LogP) is 1.39. The molecule has 100 valence electrons. The van der Waals surface area contributed by atoms with Crippen LogP contribution in [0.15, 0.2) is 4.99 Å². The summed E-state index contributed by atoms with van der Waals surface area (Å²) in [6.45, 7) is 7.07. The van der Waals surface area contributed by atoms with Crippen LogP contribution in [0.2, 0.25) is 0 Å². The number of hydrogen-bond acceptors (Lipinski definition) is 4. The average Bonchev–Trinajstić information content (AvgIpc) is 2.86. The molecule has 0 bridgehead atoms. The first-order valence-corrected chi connectivity index (χ1v) is 6.74. The van der Waals surface area contributed by atoms with Crippen molar-refractivity contribution in [2.45, 2.75) is 51.3 Å². The van der Waals surface area contributed by atoms with E-state index in [-0.39, 0.29) is 12.1 Å². The Morgan fingerprint density at radius 2 is 2.11 bits per heavy atom. The van der Waals surface area contributed by atoms with Crippen LogP contribution in [0.25, 0.3) is 0 Å². The maximum atomic E-state index is 11.9. The zero-order valence-electron chi connectivity index (χ0n) is 11.3. The number of hydrogen-bond donors (Lipinski definition) is 1. The lowest BCUT2D eigenvalue weighted by Crippen LogP contribution is -2.39. The van der Waals surface area contributed by atoms with Gasteiger partial charge in [-0.1, -0.05) is 0 Å². The van der Waals surface area contributed by atoms with Gasteiger partial charge in [-0.15, -0.1) is 0 Å². The molecule has 1 saturated heterocycles. The molecule has 0 aromatic heterocycles. The van der Waals surface area contributed by atoms with Crippen LogP contribution in [0.1, 0.15) is 33.6 Å². The largest absolute Gasteiger partial charge is 0.444 e. The molecule has 3 aliphatic rings. The van der Waals surface area contributed by atoms with Gasteiger partial charge in [-0.2, -0.15) is 0 Å². The van der Waals surface area contributed by atoms with Gasteiger partial charge in [0.25, 0.3) is 0 Å². The minimum Gasteiger partial charge on any atom is -0.444 e. The van der Waals surface area contributed by atoms with Crippen molar-refractivity contribution in [2.75, 3.05) is 13.1 Å². The molecule has 2 unspecified atom stereocenters. The van der Waals surface area contributed by atoms with Crippen molar-refractivity contribution in [3.05, 3.63) is 0 Å². The molecule has 1 amide bonds. The number of aliphatic imine (C=N–C) groups is 1. The fraction of sp³-hybridized carbons (Fsp3) is 0.846. The molecule has 1 saturated carbocycles. The number of fused-ring (bicyclic) bond motifs is 1. The lowest BCUT2D eigenvalue weighted by molar-refractivity contribution is 0.0289. The van der Waals surface area contributed by atoms with Crippen molar-refractivity contribution in [3.8, 4) is 0 Å². The molecule has 5 nitrogen and oxygen atoms in total. The van der Waals surface area contributed by atoms with Crippen molar-refractivity contribution >= 4 is 11.9 Å². The van der Waals surface area contributed by atoms with Crippen LogP contribution in [-0.2, 0) is 4.74 Å². The summed E-state index contributed by atoms with van der Waals surface area (Å²) in [7, 11) is 0. The van der Waals surface area contributed by atoms with Gasteiger partial charge in [-0.05, 0) is 33.6 Å². The van der Waals surface area contributed by atoms with Gasteiger partial charge in [0.1, 0.15) is 11.4 Å². The highest BCUT2D eigenvalue weighted by molar-refractivity contribution is 5.89. The maximum Gasteiger partial charge on any atom is 0.410 e. The van der Waals surface area contributed by atoms with E-state index in [1.165, 1.54) is 18.7 Å². The molecule has 5 heteroatoms. The van der Waals surface area contributed by atoms with E-state index >= 15 is 0 Å². The van der Waals surface area contributed by atoms with E-state index in [1.807, 2.05) is 20.8 Å². The minimum atomic E-state index is -0.426. The van der Waals surface area contributed by atoms with Gasteiger partial charge in [0.15, 0.2) is 0 Å². The van der Waals surface area contributed by atoms with Crippen LogP contribution in [0, 0.1) is 5.92 Å². The highest BCUT2D eigenvalue weighted by Gasteiger charge is 2.43. The molecule has 0 aromatic carbocycles. The van der Waals surface area contributed by atoms with E-state index in [2.05, 4.69) is 5.32 Å². The molecule has 1 aliphatic carbocycles. The van der Waals surface area contributed by atoms with Crippen molar-refractivity contribution in [1.82, 2.24) is 10.2 Å². The van der Waals surface area contributed by atoms with Crippen LogP contribution < -0.4 is 5.32 Å². The molecule has 0 radical (unpaired) electrons. The van der Waals surface area contributed by atoms with E-state index in [9.17, 15) is 4.79 Å². The van der Waals surface area contributed by atoms with Crippen molar-refractivity contribution in [1.29, 1.82) is 0 Å². The number of rotatable bonds is 1. The van der Waals surface area contributed by atoms with Gasteiger partial charge in [-0.25, -0.2) is 4.79 Å². The number of ether oxygens (including phenoxy) is 1. The fourth-order valence-corrected chi connectivity index (χ4v) is 2.52. The monoisotopic (exact) mass is 251 g/mol. The second-order valence-electron chi connectivity index (χ2n) is 6.49. The van der Waals surface area contributed by atoms with E-state index in [0.29, 0.717) is 25.0 Å². The normalized spacial score (nSPS) is 30.8. The Morgan fingerprint density at radius 1 is 1.39 bits per heavy atom. The zero-order chi connectivity index (χ0) is 12.9. The first-order valence-electron chi connectivity index (χ1n) is 6.74. The number of nitrogens with zero attached hydrogens (tertiary/aromatic N) is 2. The van der Waals surface area contributed by atoms with Gasteiger partial charge in [0, 0.05) is 19.0 Å². The molecular formula is C13H21N3O2. The van der Waals surface area contributed by atoms with Gasteiger partial charge < -0.3 is 15.0 Å². The number of nitrogens with one attached hydrogen (secondary N) is 1. The molecule has 18 heavy (non-hydrogen) atoms. The minimum absolute atomic E-state index is 0.220. The smallest absolute Gasteiger partial charge is 0.410 e. The van der Waals surface area contributed by atoms with Crippen LogP contribution in [0.3, 0.4) is 0 Å². The van der Waals surface area contributed by atoms with Crippen molar-refractivity contribution < 1.29 is 9.53 Å². The summed E-state index contributed by atoms with van der Waals surface area (Å²) in [6.07, 6.45) is 2.31. The Labute approximate surface area is 108 Å². The maximum absolute atomic E-state index is 11.9. The highest BCUT2D eigenvalue weighted by atomic mass is 16.6. The third kappa shape index (κ3) is 2.31. The molecule has 3 rings (SSSR count). The Morgan fingerprint density at radius 3 is 2.67 bits per heavy atom. The molecule has 2 atom stereocenters. The molecule has 0 aromatic rings. The second-order valence-corrected chi connectivity index (χ2v) is 6.49. The topological polar surface area (TPSA) is 53.9 Å². The molecule has 2 heterocycles. The van der Waals surface area contributed by atoms with Gasteiger partial charge in [0.05, 0.1) is 12.1 Å². The second kappa shape index (κ2) is 3.87. The van der Waals surface area contributed by atoms with E-state index in [4.69, 9.17) is 9.73 Å². The lowest BCUT2D eigenvalue weighted by atomic mass is 10.2. The van der Waals surface area contributed by atoms with Crippen LogP contribution in [0.5, 0.6) is 0 Å². The Bertz CT molecular complexity index is 396. The number of amides is 1. The Balaban J connectivity index is 1.58. The summed E-state index contributed by atoms with van der Waals surface area (Å²) < 4.78 is 5.38. The van der Waals surface area contributed by atoms with Gasteiger partial charge >= 0.3 is 6.09 Å². The molecule has 2 fully saturated rings. The van der Waals surface area contributed by atoms with Crippen LogP contribution in [-0.4, -0.2) is 47.6 Å². The Kier molecular flexibility index (Phi) is 2.54. The number of carbonyl (C=O) groups excluding carboxylic acids is 1. The zero-order valence-corrected chi connectivity index (χ0v) is 11.3. The van der Waals surface area contributed by atoms with Crippen LogP contribution >= 0.6 is 0 Å². The summed E-state index contributed by atoms with van der Waals surface area (Å²) in [5.74, 6) is 1.85. The first-order chi connectivity index (χ1) is 8.42. The third-order valence-corrected chi connectivity index (χ3v) is 3.54. The Hall–Kier alpha value is -1.26. The van der Waals surface area contributed by atoms with Gasteiger partial charge in [-0.3, -0.25) is 4.99 Å². The van der Waals surface area contributed by atoms with E-state index < -0.39 is 5.60 Å². The standard InChI is InChI=1S/C13H21N3O2/c1-13(2,3)18-12(17)16-6-9-10(7-16)15-11(14-9)8-4-5-8/h8-10H,4-7H2,1-3H3,(H,14,15). The van der Waals surface area contributed by atoms with Crippen molar-refractivity contribution in [2.24, 2.45) is 10.9 Å². The summed E-state index contributed by atoms with van der Waals surface area (Å²) in [5, 5.41) is 3.46. The van der Waals surface area contributed by atoms with E-state index in [1.54, 1.807) is 4.90 Å². The molecule has 1 N–H and O–H groups in total. The lowest BCUT2D eigenvalue weighted by Gasteiger charge is -2.24. The van der Waals surface area contributed by atoms with Crippen molar-refractivity contribution in [3.63, 3.8) is 0 Å². The van der Waals surface area contributed by atoms with Gasteiger partial charge in [0.2, 0.25) is 0 Å². The quantitative estimate of drug-likeness (QED) is 0.766. The number of carbonyl (C=O) groups is 1. The predicted molar refractivity (Wildman–Crippen MR) is 68.7 cm³/mol. The third-order valence-electron chi connectivity index (χ3n) is 3.54. The summed E-state index contributed by atoms with van der Waals surface area (Å²) in [5.41, 5.74) is -0.426. The average molecular weight is 251 g/mol. The van der Waals surface area contributed by atoms with E-state index in [0.717, 1.165) is 0 Å². The highest BCUT2D eigenvalue weighted by Crippen LogP contribution is 2.33. The molecular weight excluding hydrogens is 230 g/mol. The molecule has 0 spiro atoms. The SMILES string of the molecule is CC(C)(C)OC(=O)N1CC2N=C(C3CC3)NC2C1. The summed E-state index contributed by atoms with van der Waals surface area (Å²) in [4.78, 5) is 18.4. The summed E-state index contributed by atoms with van der Waals surface area (Å²) in [6, 6.07) is 0.529. The summed E-state index contributed by atoms with van der Waals surface area (Å²) >= 11 is 0. The fourth-order valence-electron chi connectivity index (χ4n) is 2.52. The number of amidine groups is 1. The first kappa shape index (κ1) is 11.8. The number of likely N-dealkylation sites (tertiary alicyclic amines) is 1. The molecule has 2 aliphatic heterocycles. The van der Waals surface area contributed by atoms with Crippen LogP contribution in [0.4, 0.5) is 4.79 Å².